The maximum atomic E-state index is 12.7. The van der Waals surface area contributed by atoms with Crippen LogP contribution < -0.4 is 0 Å². The quantitative estimate of drug-likeness (QED) is 0.176. The van der Waals surface area contributed by atoms with Crippen LogP contribution in [0, 0.1) is 0 Å². The Kier molecular flexibility index (Phi) is 8.33. The molecule has 18 heteroatoms. The van der Waals surface area contributed by atoms with E-state index in [4.69, 9.17) is 47.2 Å². The smallest absolute Gasteiger partial charge is 0.348 e. The first-order chi connectivity index (χ1) is 15.4. The number of hydrogen-bond acceptors (Lipinski definition) is 9. The van der Waals surface area contributed by atoms with E-state index in [1.54, 1.807) is 46.0 Å². The summed E-state index contributed by atoms with van der Waals surface area (Å²) in [5.41, 5.74) is -2.31. The SMILES string of the molecule is [B][C@@H]1O[C@@]2(/C=C/P(=O)(O)O[B][C@@H]3O[C@@]4(/C=C/P(=O)(O)O)COC3C4OI)CCOC1C2OI. The van der Waals surface area contributed by atoms with Crippen LogP contribution in [-0.2, 0) is 38.7 Å². The standard InChI is InChI=1S/C15H19B2I2O12P2/c16-12-8-10(29-18)14(27-12,1-4-25-8)3-6-33(23,24)31-17-13-9-11(30-19)15(28-13,7-26-9)2-5-32(20,21)22/h2-3,5-6,8-13H,1,4,7H2,(H,23,24)(H2,20,21,22)/b5-2+,6-3+/t8?,9?,10?,11?,12-,13-,14-,15+/m1/s1. The number of halogens is 2. The minimum atomic E-state index is -4.45. The molecule has 181 valence electrons. The van der Waals surface area contributed by atoms with E-state index in [0.29, 0.717) is 18.8 Å². The normalized spacial score (nSPS) is 44.6. The molecule has 0 saturated carbocycles. The first kappa shape index (κ1) is 27.2. The summed E-state index contributed by atoms with van der Waals surface area (Å²) in [5, 5.41) is 0. The van der Waals surface area contributed by atoms with E-state index < -0.39 is 62.8 Å². The van der Waals surface area contributed by atoms with Crippen molar-refractivity contribution in [3.63, 3.8) is 0 Å². The third-order valence-corrected chi connectivity index (χ3v) is 8.44. The van der Waals surface area contributed by atoms with Crippen molar-refractivity contribution in [3.8, 4) is 0 Å². The largest absolute Gasteiger partial charge is 0.373 e. The van der Waals surface area contributed by atoms with Gasteiger partial charge in [-0.1, -0.05) is 0 Å². The number of rotatable bonds is 9. The van der Waals surface area contributed by atoms with Crippen LogP contribution in [0.5, 0.6) is 0 Å². The van der Waals surface area contributed by atoms with Crippen LogP contribution >= 0.6 is 61.2 Å². The van der Waals surface area contributed by atoms with Crippen LogP contribution in [0.4, 0.5) is 0 Å². The minimum absolute atomic E-state index is 0.0100. The lowest BCUT2D eigenvalue weighted by atomic mass is 9.85. The van der Waals surface area contributed by atoms with Crippen molar-refractivity contribution >= 4 is 76.5 Å². The molecule has 4 fully saturated rings. The van der Waals surface area contributed by atoms with Crippen molar-refractivity contribution in [1.82, 2.24) is 0 Å². The van der Waals surface area contributed by atoms with Crippen molar-refractivity contribution in [1.29, 1.82) is 0 Å². The molecule has 4 aliphatic rings. The average Bonchev–Trinajstić information content (AvgIpc) is 3.31. The Bertz CT molecular complexity index is 906. The second kappa shape index (κ2) is 10.1. The Morgan fingerprint density at radius 3 is 2.33 bits per heavy atom. The number of fused-ring (bicyclic) bond motifs is 4. The van der Waals surface area contributed by atoms with Gasteiger partial charge in [-0.15, -0.1) is 0 Å². The van der Waals surface area contributed by atoms with Gasteiger partial charge in [-0.3, -0.25) is 9.13 Å². The fourth-order valence-electron chi connectivity index (χ4n) is 4.32. The second-order valence-electron chi connectivity index (χ2n) is 7.98. The maximum Gasteiger partial charge on any atom is 0.348 e. The van der Waals surface area contributed by atoms with E-state index in [0.717, 1.165) is 13.3 Å². The molecular weight excluding hydrogens is 710 g/mol. The van der Waals surface area contributed by atoms with Crippen molar-refractivity contribution in [2.24, 2.45) is 0 Å². The summed E-state index contributed by atoms with van der Waals surface area (Å²) in [4.78, 5) is 28.6. The molecule has 0 aromatic rings. The molecule has 33 heavy (non-hydrogen) atoms. The molecule has 4 heterocycles. The highest BCUT2D eigenvalue weighted by Gasteiger charge is 2.62. The lowest BCUT2D eigenvalue weighted by Gasteiger charge is -2.35. The van der Waals surface area contributed by atoms with E-state index in [1.165, 1.54) is 12.2 Å². The Labute approximate surface area is 219 Å². The lowest BCUT2D eigenvalue weighted by molar-refractivity contribution is -0.0953. The van der Waals surface area contributed by atoms with Crippen molar-refractivity contribution in [2.45, 2.75) is 54.0 Å². The molecule has 0 spiro atoms. The molecular formula is C15H19B2I2O12P2. The first-order valence-corrected chi connectivity index (χ1v) is 14.7. The van der Waals surface area contributed by atoms with Gasteiger partial charge in [0.1, 0.15) is 89.5 Å². The molecule has 0 aliphatic carbocycles. The molecule has 0 amide bonds. The van der Waals surface area contributed by atoms with Crippen molar-refractivity contribution < 1.29 is 53.3 Å². The highest BCUT2D eigenvalue weighted by molar-refractivity contribution is 14.1. The third-order valence-electron chi connectivity index (χ3n) is 5.86. The zero-order valence-corrected chi connectivity index (χ0v) is 22.8. The molecule has 12 nitrogen and oxygen atoms in total. The molecule has 4 aliphatic heterocycles. The molecule has 5 unspecified atom stereocenters. The second-order valence-corrected chi connectivity index (χ2v) is 12.1. The van der Waals surface area contributed by atoms with Crippen LogP contribution in [0.3, 0.4) is 0 Å². The fraction of sp³-hybridized carbons (Fsp3) is 0.733. The van der Waals surface area contributed by atoms with Gasteiger partial charge >= 0.3 is 22.7 Å². The van der Waals surface area contributed by atoms with Gasteiger partial charge in [0.2, 0.25) is 0 Å². The van der Waals surface area contributed by atoms with Crippen LogP contribution in [0.25, 0.3) is 0 Å². The van der Waals surface area contributed by atoms with Crippen molar-refractivity contribution in [3.05, 3.63) is 23.8 Å². The van der Waals surface area contributed by atoms with Gasteiger partial charge < -0.3 is 44.2 Å². The van der Waals surface area contributed by atoms with Gasteiger partial charge in [-0.25, -0.2) is 0 Å². The Hall–Kier alpha value is 1.13. The van der Waals surface area contributed by atoms with Gasteiger partial charge in [0, 0.05) is 24.1 Å². The predicted molar refractivity (Wildman–Crippen MR) is 130 cm³/mol. The summed E-state index contributed by atoms with van der Waals surface area (Å²) in [5.74, 6) is 1.71. The maximum absolute atomic E-state index is 12.7. The van der Waals surface area contributed by atoms with Crippen LogP contribution in [0.15, 0.2) is 23.8 Å². The van der Waals surface area contributed by atoms with E-state index in [2.05, 4.69) is 0 Å². The van der Waals surface area contributed by atoms with Crippen LogP contribution in [-0.4, -0.2) is 90.8 Å². The molecule has 3 N–H and O–H groups in total. The molecule has 0 aromatic heterocycles. The number of hydrogen-bond donors (Lipinski definition) is 3. The minimum Gasteiger partial charge on any atom is -0.373 e. The zero-order chi connectivity index (χ0) is 24.1. The molecule has 4 saturated heterocycles. The van der Waals surface area contributed by atoms with E-state index in [-0.39, 0.29) is 6.61 Å². The van der Waals surface area contributed by atoms with Crippen LogP contribution in [0.1, 0.15) is 6.42 Å². The molecule has 4 bridgehead atoms. The Balaban J connectivity index is 1.42. The third kappa shape index (κ3) is 5.54. The molecule has 0 aromatic carbocycles. The lowest BCUT2D eigenvalue weighted by Crippen LogP contribution is -2.48. The zero-order valence-electron chi connectivity index (χ0n) is 16.7. The highest BCUT2D eigenvalue weighted by atomic mass is 127. The highest BCUT2D eigenvalue weighted by Crippen LogP contribution is 2.50. The molecule has 4 rings (SSSR count). The summed E-state index contributed by atoms with van der Waals surface area (Å²) >= 11 is 3.35. The Morgan fingerprint density at radius 2 is 1.67 bits per heavy atom. The monoisotopic (exact) mass is 729 g/mol. The van der Waals surface area contributed by atoms with E-state index in [1.807, 2.05) is 0 Å². The first-order valence-electron chi connectivity index (χ1n) is 9.64. The van der Waals surface area contributed by atoms with E-state index in [9.17, 15) is 14.0 Å². The van der Waals surface area contributed by atoms with Gasteiger partial charge in [0.05, 0.1) is 19.2 Å². The predicted octanol–water partition coefficient (Wildman–Crippen LogP) is 1.03. The van der Waals surface area contributed by atoms with Crippen molar-refractivity contribution in [2.75, 3.05) is 13.2 Å². The fourth-order valence-corrected chi connectivity index (χ4v) is 7.01. The summed E-state index contributed by atoms with van der Waals surface area (Å²) in [6.07, 6.45) is 0.472. The molecule has 9 atom stereocenters. The van der Waals surface area contributed by atoms with Gasteiger partial charge in [-0.2, -0.15) is 0 Å². The summed E-state index contributed by atoms with van der Waals surface area (Å²) in [6.45, 7) is 0.336. The van der Waals surface area contributed by atoms with Crippen LogP contribution in [0.2, 0.25) is 0 Å². The van der Waals surface area contributed by atoms with Gasteiger partial charge in [0.15, 0.2) is 0 Å². The molecule has 3 radical (unpaired) electrons. The summed E-state index contributed by atoms with van der Waals surface area (Å²) < 4.78 is 62.6. The van der Waals surface area contributed by atoms with Gasteiger partial charge in [-0.05, 0) is 12.2 Å². The Morgan fingerprint density at radius 1 is 1.00 bits per heavy atom. The average molecular weight is 729 g/mol. The van der Waals surface area contributed by atoms with E-state index >= 15 is 0 Å². The summed E-state index contributed by atoms with van der Waals surface area (Å²) in [7, 11) is -1.78. The van der Waals surface area contributed by atoms with Gasteiger partial charge in [0.25, 0.3) is 0 Å². The summed E-state index contributed by atoms with van der Waals surface area (Å²) in [6, 6.07) is -1.68. The number of ether oxygens (including phenoxy) is 4. The topological polar surface area (TPSA) is 159 Å².